The normalized spacial score (nSPS) is 10.7. The molecule has 0 atom stereocenters. The zero-order valence-electron chi connectivity index (χ0n) is 6.81. The van der Waals surface area contributed by atoms with Gasteiger partial charge in [0.25, 0.3) is 0 Å². The van der Waals surface area contributed by atoms with Crippen molar-refractivity contribution < 1.29 is 0 Å². The van der Waals surface area contributed by atoms with Crippen molar-refractivity contribution in [3.63, 3.8) is 0 Å². The van der Waals surface area contributed by atoms with Crippen molar-refractivity contribution in [2.24, 2.45) is 0 Å². The van der Waals surface area contributed by atoms with Crippen molar-refractivity contribution in [2.45, 2.75) is 48.5 Å². The van der Waals surface area contributed by atoms with Gasteiger partial charge in [0, 0.05) is 0 Å². The van der Waals surface area contributed by atoms with E-state index in [0.717, 1.165) is 3.97 Å². The Balaban J connectivity index is 3.18. The molecule has 0 spiro atoms. The van der Waals surface area contributed by atoms with Crippen LogP contribution in [0.1, 0.15) is 39.5 Å². The maximum absolute atomic E-state index is 2.43. The molecule has 0 radical (unpaired) electrons. The first-order valence-corrected chi connectivity index (χ1v) is 7.55. The van der Waals surface area contributed by atoms with E-state index in [2.05, 4.69) is 18.8 Å². The van der Waals surface area contributed by atoms with Crippen molar-refractivity contribution >= 4 is 20.9 Å². The van der Waals surface area contributed by atoms with Gasteiger partial charge < -0.3 is 0 Å². The number of hydrogen-bond donors (Lipinski definition) is 0. The van der Waals surface area contributed by atoms with Gasteiger partial charge in [-0.1, -0.05) is 0 Å². The van der Waals surface area contributed by atoms with Crippen molar-refractivity contribution in [1.82, 2.24) is 0 Å². The average molecular weight is 242 g/mol. The van der Waals surface area contributed by atoms with Crippen LogP contribution in [-0.2, 0) is 0 Å². The fourth-order valence-corrected chi connectivity index (χ4v) is 3.71. The maximum atomic E-state index is 2.43. The fourth-order valence-electron chi connectivity index (χ4n) is 1.02. The van der Waals surface area contributed by atoms with Crippen LogP contribution in [0.3, 0.4) is 0 Å². The van der Waals surface area contributed by atoms with E-state index in [4.69, 9.17) is 0 Å². The quantitative estimate of drug-likeness (QED) is 0.649. The summed E-state index contributed by atoms with van der Waals surface area (Å²) in [6, 6.07) is 0. The Kier molecular flexibility index (Phi) is 7.51. The van der Waals surface area contributed by atoms with Crippen LogP contribution in [0, 0.1) is 0 Å². The van der Waals surface area contributed by atoms with Gasteiger partial charge >= 0.3 is 69.4 Å². The first-order chi connectivity index (χ1) is 4.35. The van der Waals surface area contributed by atoms with E-state index in [9.17, 15) is 0 Å². The van der Waals surface area contributed by atoms with Gasteiger partial charge in [0.05, 0.1) is 0 Å². The summed E-state index contributed by atoms with van der Waals surface area (Å²) in [6.45, 7) is 4.59. The Morgan fingerprint density at radius 2 is 1.56 bits per heavy atom. The van der Waals surface area contributed by atoms with Gasteiger partial charge in [-0.25, -0.2) is 0 Å². The van der Waals surface area contributed by atoms with Crippen LogP contribution in [0.2, 0.25) is 8.94 Å². The number of rotatable bonds is 5. The molecule has 9 heavy (non-hydrogen) atoms. The minimum atomic E-state index is 0.375. The SMILES string of the molecule is CCCC(CCC)[Te]C. The van der Waals surface area contributed by atoms with Crippen molar-refractivity contribution in [1.29, 1.82) is 0 Å². The summed E-state index contributed by atoms with van der Waals surface area (Å²) in [7, 11) is 0. The molecule has 0 nitrogen and oxygen atoms in total. The second-order valence-electron chi connectivity index (χ2n) is 2.44. The second-order valence-corrected chi connectivity index (χ2v) is 5.68. The van der Waals surface area contributed by atoms with Crippen LogP contribution in [0.15, 0.2) is 0 Å². The summed E-state index contributed by atoms with van der Waals surface area (Å²) in [4.78, 5) is 2.43. The van der Waals surface area contributed by atoms with E-state index in [1.54, 1.807) is 0 Å². The van der Waals surface area contributed by atoms with Crippen molar-refractivity contribution in [3.8, 4) is 0 Å². The molecule has 0 aromatic carbocycles. The Labute approximate surface area is 69.5 Å². The molecule has 0 aromatic rings. The van der Waals surface area contributed by atoms with Crippen molar-refractivity contribution in [3.05, 3.63) is 0 Å². The zero-order chi connectivity index (χ0) is 7.11. The van der Waals surface area contributed by atoms with Crippen LogP contribution in [0.25, 0.3) is 0 Å². The molecule has 0 saturated heterocycles. The second kappa shape index (κ2) is 6.90. The molecule has 0 fully saturated rings. The van der Waals surface area contributed by atoms with E-state index >= 15 is 0 Å². The molecular formula is C8H18Te. The molecule has 0 saturated carbocycles. The van der Waals surface area contributed by atoms with Crippen LogP contribution in [0.5, 0.6) is 0 Å². The predicted molar refractivity (Wildman–Crippen MR) is 45.2 cm³/mol. The summed E-state index contributed by atoms with van der Waals surface area (Å²) < 4.78 is 1.14. The van der Waals surface area contributed by atoms with Gasteiger partial charge in [-0.3, -0.25) is 0 Å². The number of hydrogen-bond acceptors (Lipinski definition) is 0. The molecule has 0 aliphatic carbocycles. The first kappa shape index (κ1) is 9.79. The molecule has 0 aliphatic rings. The Hall–Kier alpha value is 0.790. The molecule has 0 aromatic heterocycles. The van der Waals surface area contributed by atoms with Gasteiger partial charge in [-0.2, -0.15) is 0 Å². The molecule has 0 heterocycles. The summed E-state index contributed by atoms with van der Waals surface area (Å²) in [5, 5.41) is 0. The van der Waals surface area contributed by atoms with Gasteiger partial charge in [0.1, 0.15) is 0 Å². The molecule has 1 heteroatoms. The zero-order valence-corrected chi connectivity index (χ0v) is 9.14. The summed E-state index contributed by atoms with van der Waals surface area (Å²) in [5.41, 5.74) is 0. The van der Waals surface area contributed by atoms with Crippen molar-refractivity contribution in [2.75, 3.05) is 0 Å². The van der Waals surface area contributed by atoms with Gasteiger partial charge in [0.15, 0.2) is 0 Å². The minimum absolute atomic E-state index is 0.375. The van der Waals surface area contributed by atoms with E-state index < -0.39 is 0 Å². The predicted octanol–water partition coefficient (Wildman–Crippen LogP) is 3.13. The molecular weight excluding hydrogens is 224 g/mol. The molecule has 0 N–H and O–H groups in total. The van der Waals surface area contributed by atoms with E-state index in [1.807, 2.05) is 0 Å². The first-order valence-electron chi connectivity index (χ1n) is 3.87. The van der Waals surface area contributed by atoms with E-state index in [0.29, 0.717) is 20.9 Å². The van der Waals surface area contributed by atoms with Crippen LogP contribution in [0.4, 0.5) is 0 Å². The summed E-state index contributed by atoms with van der Waals surface area (Å²) in [5.74, 6) is 0. The molecule has 0 bridgehead atoms. The summed E-state index contributed by atoms with van der Waals surface area (Å²) in [6.07, 6.45) is 5.77. The summed E-state index contributed by atoms with van der Waals surface area (Å²) >= 11 is 0.375. The van der Waals surface area contributed by atoms with Gasteiger partial charge in [-0.15, -0.1) is 0 Å². The molecule has 56 valence electrons. The van der Waals surface area contributed by atoms with Crippen LogP contribution < -0.4 is 0 Å². The fraction of sp³-hybridized carbons (Fsp3) is 1.00. The average Bonchev–Trinajstić information content (AvgIpc) is 1.88. The van der Waals surface area contributed by atoms with E-state index in [1.165, 1.54) is 25.7 Å². The molecule has 0 unspecified atom stereocenters. The third-order valence-corrected chi connectivity index (χ3v) is 4.80. The topological polar surface area (TPSA) is 0 Å². The Morgan fingerprint density at radius 3 is 1.78 bits per heavy atom. The van der Waals surface area contributed by atoms with Gasteiger partial charge in [0.2, 0.25) is 0 Å². The Bertz CT molecular complexity index is 46.5. The molecule has 0 aliphatic heterocycles. The molecule has 0 rings (SSSR count). The van der Waals surface area contributed by atoms with Crippen LogP contribution in [-0.4, -0.2) is 20.9 Å². The Morgan fingerprint density at radius 1 is 1.11 bits per heavy atom. The third kappa shape index (κ3) is 5.24. The van der Waals surface area contributed by atoms with E-state index in [-0.39, 0.29) is 0 Å². The standard InChI is InChI=1S/C8H18Te/c1-4-6-8(9-3)7-5-2/h8H,4-7H2,1-3H3. The molecule has 0 amide bonds. The third-order valence-electron chi connectivity index (χ3n) is 1.55. The monoisotopic (exact) mass is 244 g/mol. The van der Waals surface area contributed by atoms with Crippen LogP contribution >= 0.6 is 0 Å². The van der Waals surface area contributed by atoms with Gasteiger partial charge in [-0.05, 0) is 0 Å².